The Labute approximate surface area is 87.3 Å². The molecule has 0 saturated carbocycles. The fourth-order valence-electron chi connectivity index (χ4n) is 0.705. The monoisotopic (exact) mass is 247 g/mol. The predicted octanol–water partition coefficient (Wildman–Crippen LogP) is 0.291. The van der Waals surface area contributed by atoms with Gasteiger partial charge in [-0.25, -0.2) is 0 Å². The topological polar surface area (TPSA) is 89.5 Å². The SMILES string of the molecule is CCCCCCOP(=O)([O-])[O-].[O]=[V+2]. The first-order valence-electron chi connectivity index (χ1n) is 3.91. The number of phosphoric ester groups is 1. The van der Waals surface area contributed by atoms with Crippen molar-refractivity contribution in [2.75, 3.05) is 6.61 Å². The van der Waals surface area contributed by atoms with E-state index in [1.807, 2.05) is 6.92 Å². The number of phosphoric acid groups is 1. The molecule has 0 aromatic rings. The fourth-order valence-corrected chi connectivity index (χ4v) is 1.06. The Hall–Kier alpha value is 0.494. The van der Waals surface area contributed by atoms with Crippen molar-refractivity contribution in [2.45, 2.75) is 32.6 Å². The van der Waals surface area contributed by atoms with Crippen molar-refractivity contribution in [3.05, 3.63) is 0 Å². The van der Waals surface area contributed by atoms with E-state index in [1.165, 1.54) is 0 Å². The van der Waals surface area contributed by atoms with Crippen LogP contribution in [0.1, 0.15) is 32.6 Å². The molecular formula is C6H13O5PV. The van der Waals surface area contributed by atoms with Gasteiger partial charge in [-0.05, 0) is 6.42 Å². The van der Waals surface area contributed by atoms with Gasteiger partial charge in [0.2, 0.25) is 0 Å². The molecule has 0 bridgehead atoms. The van der Waals surface area contributed by atoms with Crippen molar-refractivity contribution in [2.24, 2.45) is 0 Å². The Morgan fingerprint density at radius 1 is 1.23 bits per heavy atom. The van der Waals surface area contributed by atoms with Crippen molar-refractivity contribution < 1.29 is 39.9 Å². The van der Waals surface area contributed by atoms with Gasteiger partial charge in [-0.15, -0.1) is 0 Å². The normalized spacial score (nSPS) is 10.5. The van der Waals surface area contributed by atoms with E-state index in [1.54, 1.807) is 0 Å². The number of unbranched alkanes of at least 4 members (excludes halogenated alkanes) is 3. The zero-order chi connectivity index (χ0) is 10.7. The Bertz CT molecular complexity index is 148. The Balaban J connectivity index is 0. The minimum absolute atomic E-state index is 0.0320. The molecule has 0 unspecified atom stereocenters. The van der Waals surface area contributed by atoms with Crippen LogP contribution >= 0.6 is 7.82 Å². The average Bonchev–Trinajstić information content (AvgIpc) is 2.06. The molecule has 0 aliphatic carbocycles. The van der Waals surface area contributed by atoms with Crippen molar-refractivity contribution in [1.82, 2.24) is 0 Å². The molecule has 0 heterocycles. The second kappa shape index (κ2) is 10.6. The third-order valence-electron chi connectivity index (χ3n) is 1.25. The summed E-state index contributed by atoms with van der Waals surface area (Å²) in [5, 5.41) is 0. The molecule has 0 fully saturated rings. The van der Waals surface area contributed by atoms with E-state index in [9.17, 15) is 14.4 Å². The average molecular weight is 247 g/mol. The predicted molar refractivity (Wildman–Crippen MR) is 38.4 cm³/mol. The summed E-state index contributed by atoms with van der Waals surface area (Å²) in [6.07, 6.45) is 3.68. The van der Waals surface area contributed by atoms with E-state index in [2.05, 4.69) is 4.52 Å². The van der Waals surface area contributed by atoms with Crippen LogP contribution in [0.4, 0.5) is 0 Å². The molecule has 0 N–H and O–H groups in total. The maximum atomic E-state index is 9.91. The van der Waals surface area contributed by atoms with E-state index < -0.39 is 7.82 Å². The summed E-state index contributed by atoms with van der Waals surface area (Å²) in [4.78, 5) is 19.8. The van der Waals surface area contributed by atoms with Crippen LogP contribution in [0.5, 0.6) is 0 Å². The maximum absolute atomic E-state index is 9.91. The fraction of sp³-hybridized carbons (Fsp3) is 1.00. The second-order valence-corrected chi connectivity index (χ2v) is 3.49. The summed E-state index contributed by atoms with van der Waals surface area (Å²) < 4.78 is 22.1. The summed E-state index contributed by atoms with van der Waals surface area (Å²) >= 11 is 1.06. The molecule has 0 amide bonds. The molecule has 0 aromatic heterocycles. The first kappa shape index (κ1) is 15.9. The Kier molecular flexibility index (Phi) is 13.0. The standard InChI is InChI=1S/C6H15O4P.O.V/c1-2-3-4-5-6-10-11(7,8)9;;/h2-6H2,1H3,(H2,7,8,9);;/q;;+2/p-2. The zero-order valence-electron chi connectivity index (χ0n) is 7.47. The third-order valence-corrected chi connectivity index (χ3v) is 1.75. The first-order valence-corrected chi connectivity index (χ1v) is 5.94. The van der Waals surface area contributed by atoms with Gasteiger partial charge in [-0.1, -0.05) is 26.2 Å². The van der Waals surface area contributed by atoms with Crippen LogP contribution in [0, 0.1) is 0 Å². The third kappa shape index (κ3) is 19.1. The molecule has 0 rings (SSSR count). The van der Waals surface area contributed by atoms with Gasteiger partial charge in [-0.2, -0.15) is 0 Å². The van der Waals surface area contributed by atoms with Gasteiger partial charge in [0.25, 0.3) is 0 Å². The quantitative estimate of drug-likeness (QED) is 0.497. The molecule has 77 valence electrons. The molecule has 0 aliphatic heterocycles. The van der Waals surface area contributed by atoms with Crippen LogP contribution in [0.25, 0.3) is 0 Å². The molecule has 0 aromatic carbocycles. The molecule has 0 saturated heterocycles. The van der Waals surface area contributed by atoms with Crippen LogP contribution in [0.2, 0.25) is 0 Å². The number of hydrogen-bond acceptors (Lipinski definition) is 5. The van der Waals surface area contributed by atoms with Crippen LogP contribution < -0.4 is 9.79 Å². The zero-order valence-corrected chi connectivity index (χ0v) is 9.76. The molecular weight excluding hydrogens is 234 g/mol. The number of hydrogen-bond donors (Lipinski definition) is 0. The van der Waals surface area contributed by atoms with Gasteiger partial charge in [0, 0.05) is 0 Å². The van der Waals surface area contributed by atoms with E-state index >= 15 is 0 Å². The van der Waals surface area contributed by atoms with E-state index in [4.69, 9.17) is 3.67 Å². The second-order valence-electron chi connectivity index (χ2n) is 2.34. The van der Waals surface area contributed by atoms with Gasteiger partial charge in [0.15, 0.2) is 0 Å². The van der Waals surface area contributed by atoms with Crippen LogP contribution in [-0.2, 0) is 30.1 Å². The molecule has 5 nitrogen and oxygen atoms in total. The van der Waals surface area contributed by atoms with Crippen molar-refractivity contribution >= 4 is 7.82 Å². The van der Waals surface area contributed by atoms with Crippen molar-refractivity contribution in [1.29, 1.82) is 0 Å². The van der Waals surface area contributed by atoms with Gasteiger partial charge in [0.05, 0.1) is 14.4 Å². The molecule has 13 heavy (non-hydrogen) atoms. The summed E-state index contributed by atoms with van der Waals surface area (Å²) in [5.74, 6) is 0. The van der Waals surface area contributed by atoms with Crippen LogP contribution in [0.15, 0.2) is 0 Å². The van der Waals surface area contributed by atoms with Gasteiger partial charge >= 0.3 is 21.0 Å². The van der Waals surface area contributed by atoms with Crippen molar-refractivity contribution in [3.8, 4) is 0 Å². The minimum atomic E-state index is -4.71. The summed E-state index contributed by atoms with van der Waals surface area (Å²) in [6.45, 7) is 2.08. The first-order chi connectivity index (χ1) is 6.06. The van der Waals surface area contributed by atoms with Crippen molar-refractivity contribution in [3.63, 3.8) is 0 Å². The van der Waals surface area contributed by atoms with Gasteiger partial charge < -0.3 is 18.9 Å². The van der Waals surface area contributed by atoms with Gasteiger partial charge in [0.1, 0.15) is 0 Å². The summed E-state index contributed by atoms with van der Waals surface area (Å²) in [6, 6.07) is 0. The molecule has 7 heteroatoms. The van der Waals surface area contributed by atoms with E-state index in [-0.39, 0.29) is 6.61 Å². The molecule has 0 spiro atoms. The van der Waals surface area contributed by atoms with Crippen LogP contribution in [0.3, 0.4) is 0 Å². The summed E-state index contributed by atoms with van der Waals surface area (Å²) in [7, 11) is -4.71. The molecule has 0 radical (unpaired) electrons. The van der Waals surface area contributed by atoms with E-state index in [0.717, 1.165) is 36.6 Å². The van der Waals surface area contributed by atoms with Crippen LogP contribution in [-0.4, -0.2) is 6.61 Å². The summed E-state index contributed by atoms with van der Waals surface area (Å²) in [5.41, 5.74) is 0. The number of rotatable bonds is 6. The Morgan fingerprint density at radius 2 is 1.77 bits per heavy atom. The van der Waals surface area contributed by atoms with E-state index in [0.29, 0.717) is 6.42 Å². The molecule has 0 aliphatic rings. The Morgan fingerprint density at radius 3 is 2.15 bits per heavy atom. The molecule has 0 atom stereocenters. The van der Waals surface area contributed by atoms with Gasteiger partial charge in [-0.3, -0.25) is 0 Å².